The van der Waals surface area contributed by atoms with Gasteiger partial charge in [0.2, 0.25) is 5.69 Å². The summed E-state index contributed by atoms with van der Waals surface area (Å²) in [7, 11) is 0. The average Bonchev–Trinajstić information content (AvgIpc) is 3.02. The van der Waals surface area contributed by atoms with Crippen LogP contribution in [0.4, 0.5) is 5.69 Å². The maximum atomic E-state index is 2.64. The minimum Gasteiger partial charge on any atom is -0.196 e. The Bertz CT molecular complexity index is 1060. The van der Waals surface area contributed by atoms with E-state index in [4.69, 9.17) is 0 Å². The first kappa shape index (κ1) is 32.3. The molecule has 1 heterocycles. The highest BCUT2D eigenvalue weighted by molar-refractivity contribution is 5.72. The fraction of sp³-hybridized carbons (Fsp3) is 0.649. The summed E-state index contributed by atoms with van der Waals surface area (Å²) < 4.78 is 2.64. The average molecular weight is 519 g/mol. The van der Waals surface area contributed by atoms with Crippen molar-refractivity contribution in [3.8, 4) is 0 Å². The molecule has 0 spiro atoms. The minimum absolute atomic E-state index is 0.00697. The Labute approximate surface area is 237 Å². The van der Waals surface area contributed by atoms with Gasteiger partial charge in [-0.3, -0.25) is 0 Å². The quantitative estimate of drug-likeness (QED) is 0.238. The zero-order valence-corrected chi connectivity index (χ0v) is 27.7. The smallest absolute Gasteiger partial charge is 0.196 e. The number of para-hydroxylation sites is 1. The summed E-state index contributed by atoms with van der Waals surface area (Å²) in [6.45, 7) is 35.3. The van der Waals surface area contributed by atoms with Gasteiger partial charge in [-0.05, 0) is 60.0 Å². The van der Waals surface area contributed by atoms with Crippen LogP contribution in [0.3, 0.4) is 0 Å². The highest BCUT2D eigenvalue weighted by Crippen LogP contribution is 2.48. The fourth-order valence-electron chi connectivity index (χ4n) is 6.28. The van der Waals surface area contributed by atoms with E-state index in [-0.39, 0.29) is 21.8 Å². The molecule has 0 saturated heterocycles. The van der Waals surface area contributed by atoms with Gasteiger partial charge >= 0.3 is 0 Å². The number of benzene rings is 1. The van der Waals surface area contributed by atoms with E-state index < -0.39 is 0 Å². The molecule has 2 rings (SSSR count). The maximum Gasteiger partial charge on any atom is 0.212 e. The molecule has 0 saturated carbocycles. The maximum absolute atomic E-state index is 2.64. The first-order valence-electron chi connectivity index (χ1n) is 15.1. The van der Waals surface area contributed by atoms with Crippen molar-refractivity contribution in [2.45, 2.75) is 134 Å². The zero-order valence-electron chi connectivity index (χ0n) is 27.7. The summed E-state index contributed by atoms with van der Waals surface area (Å²) in [5.74, 6) is 1.49. The molecular formula is C37H60N+. The molecule has 2 atom stereocenters. The van der Waals surface area contributed by atoms with Gasteiger partial charge in [0.05, 0.1) is 5.41 Å². The van der Waals surface area contributed by atoms with Crippen LogP contribution in [0.15, 0.2) is 53.6 Å². The van der Waals surface area contributed by atoms with Gasteiger partial charge in [-0.25, -0.2) is 0 Å². The lowest BCUT2D eigenvalue weighted by atomic mass is 9.72. The predicted octanol–water partition coefficient (Wildman–Crippen LogP) is 11.4. The number of hydrogen-bond donors (Lipinski definition) is 0. The van der Waals surface area contributed by atoms with Crippen molar-refractivity contribution >= 4 is 11.9 Å². The van der Waals surface area contributed by atoms with Gasteiger partial charge in [0.1, 0.15) is 0 Å². The van der Waals surface area contributed by atoms with Crippen LogP contribution in [0.25, 0.3) is 0 Å². The number of rotatable bonds is 8. The van der Waals surface area contributed by atoms with Crippen LogP contribution >= 0.6 is 0 Å². The van der Waals surface area contributed by atoms with E-state index in [1.165, 1.54) is 28.0 Å². The summed E-state index contributed by atoms with van der Waals surface area (Å²) in [6, 6.07) is 6.93. The van der Waals surface area contributed by atoms with E-state index in [1.54, 1.807) is 0 Å². The molecule has 1 aliphatic rings. The summed E-state index contributed by atoms with van der Waals surface area (Å²) in [5, 5.41) is 0. The minimum atomic E-state index is -0.0673. The fourth-order valence-corrected chi connectivity index (χ4v) is 6.28. The van der Waals surface area contributed by atoms with Gasteiger partial charge < -0.3 is 0 Å². The lowest BCUT2D eigenvalue weighted by molar-refractivity contribution is -0.513. The van der Waals surface area contributed by atoms with Gasteiger partial charge in [-0.2, -0.15) is 4.58 Å². The molecule has 0 fully saturated rings. The van der Waals surface area contributed by atoms with Gasteiger partial charge in [0.25, 0.3) is 0 Å². The molecule has 0 amide bonds. The standard InChI is InChI=1S/C37H60N/c1-16-19-29(23-30(35(10,11)12)22-28(17-2)34(7,8)9)37(15)24-36(13,14)38(25-37)33-31(26(3)4)20-18-21-32(33)27(5)6/h16,18-23,25-28H,17,24H2,1-15H3/q+1/b19-16-,29-23+,30-22+. The second kappa shape index (κ2) is 11.7. The zero-order chi connectivity index (χ0) is 29.3. The molecule has 0 N–H and O–H groups in total. The molecular weight excluding hydrogens is 458 g/mol. The molecule has 1 nitrogen and oxygen atoms in total. The summed E-state index contributed by atoms with van der Waals surface area (Å²) in [6.07, 6.45) is 14.5. The Kier molecular flexibility index (Phi) is 9.94. The van der Waals surface area contributed by atoms with Crippen LogP contribution in [0.5, 0.6) is 0 Å². The third-order valence-electron chi connectivity index (χ3n) is 8.57. The van der Waals surface area contributed by atoms with E-state index >= 15 is 0 Å². The molecule has 1 aromatic rings. The van der Waals surface area contributed by atoms with E-state index in [2.05, 4.69) is 157 Å². The van der Waals surface area contributed by atoms with Crippen LogP contribution in [-0.2, 0) is 0 Å². The molecule has 1 aromatic carbocycles. The van der Waals surface area contributed by atoms with E-state index in [1.807, 2.05) is 0 Å². The first-order valence-corrected chi connectivity index (χ1v) is 15.1. The Hall–Kier alpha value is -1.89. The Balaban J connectivity index is 2.85. The molecule has 1 aliphatic heterocycles. The van der Waals surface area contributed by atoms with Crippen molar-refractivity contribution in [3.05, 3.63) is 64.8 Å². The lowest BCUT2D eigenvalue weighted by Crippen LogP contribution is -2.31. The molecule has 2 unspecified atom stereocenters. The first-order chi connectivity index (χ1) is 17.3. The molecule has 0 aromatic heterocycles. The van der Waals surface area contributed by atoms with Crippen molar-refractivity contribution in [2.24, 2.45) is 22.2 Å². The van der Waals surface area contributed by atoms with Crippen LogP contribution in [0.1, 0.15) is 140 Å². The van der Waals surface area contributed by atoms with Crippen molar-refractivity contribution < 1.29 is 4.58 Å². The second-order valence-corrected chi connectivity index (χ2v) is 15.4. The van der Waals surface area contributed by atoms with Crippen LogP contribution in [-0.4, -0.2) is 16.3 Å². The number of hydrogen-bond acceptors (Lipinski definition) is 0. The van der Waals surface area contributed by atoms with Crippen molar-refractivity contribution in [1.29, 1.82) is 0 Å². The number of nitrogens with zero attached hydrogens (tertiary/aromatic N) is 1. The largest absolute Gasteiger partial charge is 0.212 e. The van der Waals surface area contributed by atoms with Crippen LogP contribution in [0.2, 0.25) is 0 Å². The molecule has 0 radical (unpaired) electrons. The molecule has 0 aliphatic carbocycles. The monoisotopic (exact) mass is 518 g/mol. The Morgan fingerprint density at radius 2 is 1.47 bits per heavy atom. The molecule has 0 bridgehead atoms. The molecule has 212 valence electrons. The summed E-state index contributed by atoms with van der Waals surface area (Å²) >= 11 is 0. The van der Waals surface area contributed by atoms with Crippen molar-refractivity contribution in [2.75, 3.05) is 0 Å². The number of allylic oxidation sites excluding steroid dienone is 6. The highest BCUT2D eigenvalue weighted by atomic mass is 15.1. The highest BCUT2D eigenvalue weighted by Gasteiger charge is 2.51. The topological polar surface area (TPSA) is 3.01 Å². The molecule has 1 heteroatoms. The van der Waals surface area contributed by atoms with Gasteiger partial charge in [0.15, 0.2) is 11.8 Å². The van der Waals surface area contributed by atoms with Gasteiger partial charge in [-0.15, -0.1) is 0 Å². The second-order valence-electron chi connectivity index (χ2n) is 15.4. The van der Waals surface area contributed by atoms with E-state index in [0.717, 1.165) is 12.8 Å². The predicted molar refractivity (Wildman–Crippen MR) is 171 cm³/mol. The Morgan fingerprint density at radius 3 is 1.87 bits per heavy atom. The Morgan fingerprint density at radius 1 is 0.947 bits per heavy atom. The third-order valence-corrected chi connectivity index (χ3v) is 8.57. The third kappa shape index (κ3) is 7.19. The normalized spacial score (nSPS) is 22.1. The van der Waals surface area contributed by atoms with Crippen LogP contribution in [0, 0.1) is 22.2 Å². The summed E-state index contributed by atoms with van der Waals surface area (Å²) in [5.41, 5.74) is 7.45. The van der Waals surface area contributed by atoms with Crippen LogP contribution < -0.4 is 0 Å². The van der Waals surface area contributed by atoms with Gasteiger partial charge in [0, 0.05) is 31.4 Å². The van der Waals surface area contributed by atoms with Crippen molar-refractivity contribution in [1.82, 2.24) is 0 Å². The van der Waals surface area contributed by atoms with E-state index in [0.29, 0.717) is 17.8 Å². The molecule has 38 heavy (non-hydrogen) atoms. The lowest BCUT2D eigenvalue weighted by Gasteiger charge is -2.31. The van der Waals surface area contributed by atoms with Gasteiger partial charge in [-0.1, -0.05) is 119 Å². The summed E-state index contributed by atoms with van der Waals surface area (Å²) in [4.78, 5) is 0. The SMILES string of the molecule is C\C=C/C(=C\C(=C/C(CC)C(C)(C)C)C(C)(C)C)C1(C)C=[N+](c2c(C(C)C)cccc2C(C)C)C(C)(C)C1. The van der Waals surface area contributed by atoms with Crippen molar-refractivity contribution in [3.63, 3.8) is 0 Å². The van der Waals surface area contributed by atoms with E-state index in [9.17, 15) is 0 Å².